The van der Waals surface area contributed by atoms with E-state index in [2.05, 4.69) is 21.9 Å². The number of carbonyl (C=O) groups is 2. The van der Waals surface area contributed by atoms with Gasteiger partial charge in [0.1, 0.15) is 0 Å². The lowest BCUT2D eigenvalue weighted by Crippen LogP contribution is -2.99. The molecular weight excluding hydrogens is 456 g/mol. The molecule has 1 aliphatic rings. The topological polar surface area (TPSA) is 128 Å². The predicted molar refractivity (Wildman–Crippen MR) is 130 cm³/mol. The van der Waals surface area contributed by atoms with Crippen LogP contribution in [0.15, 0.2) is 53.4 Å². The standard InChI is InChI=1S/C24H30N4O5S/c29-22(26-24-25-20(17-34-24)19-12-8-9-13-21(19)28(31)32)14-6-1-2-7-15-23(30)27-33-16-18-10-4-3-5-11-18/h3-4,8-10,12-13,17,28,31H,1-2,5-7,11,14-16H2,(H,27,30)(H,25,26,29). The van der Waals surface area contributed by atoms with Crippen LogP contribution in [-0.4, -0.2) is 28.6 Å². The Balaban J connectivity index is 1.27. The molecule has 1 heterocycles. The van der Waals surface area contributed by atoms with Crippen LogP contribution in [0.5, 0.6) is 0 Å². The Morgan fingerprint density at radius 2 is 1.91 bits per heavy atom. The molecule has 9 nitrogen and oxygen atoms in total. The van der Waals surface area contributed by atoms with E-state index in [0.29, 0.717) is 42.3 Å². The zero-order valence-electron chi connectivity index (χ0n) is 18.9. The number of unbranched alkanes of at least 4 members (excludes halogenated alkanes) is 3. The molecule has 10 heteroatoms. The molecule has 2 amide bonds. The second-order valence-corrected chi connectivity index (χ2v) is 8.81. The molecule has 3 rings (SSSR count). The molecule has 34 heavy (non-hydrogen) atoms. The van der Waals surface area contributed by atoms with Crippen molar-refractivity contribution in [1.82, 2.24) is 10.5 Å². The Labute approximate surface area is 202 Å². The number of rotatable bonds is 13. The number of nitrogens with one attached hydrogen (secondary N) is 3. The first-order valence-electron chi connectivity index (χ1n) is 11.4. The first-order chi connectivity index (χ1) is 16.5. The number of anilines is 1. The predicted octanol–water partition coefficient (Wildman–Crippen LogP) is 3.82. The molecule has 0 spiro atoms. The van der Waals surface area contributed by atoms with E-state index in [1.807, 2.05) is 12.2 Å². The minimum atomic E-state index is -1.02. The molecule has 1 atom stereocenters. The molecule has 182 valence electrons. The smallest absolute Gasteiger partial charge is 0.243 e. The second kappa shape index (κ2) is 13.7. The van der Waals surface area contributed by atoms with Gasteiger partial charge in [-0.3, -0.25) is 14.4 Å². The highest BCUT2D eigenvalue weighted by molar-refractivity contribution is 7.14. The number of nitrogens with zero attached hydrogens (tertiary/aromatic N) is 1. The van der Waals surface area contributed by atoms with Gasteiger partial charge in [0, 0.05) is 24.3 Å². The van der Waals surface area contributed by atoms with E-state index in [-0.39, 0.29) is 17.5 Å². The van der Waals surface area contributed by atoms with Crippen molar-refractivity contribution >= 4 is 34.0 Å². The zero-order chi connectivity index (χ0) is 24.2. The van der Waals surface area contributed by atoms with Crippen LogP contribution in [0.2, 0.25) is 0 Å². The summed E-state index contributed by atoms with van der Waals surface area (Å²) in [7, 11) is 0. The number of amides is 2. The average molecular weight is 487 g/mol. The largest absolute Gasteiger partial charge is 0.595 e. The van der Waals surface area contributed by atoms with Gasteiger partial charge in [0.15, 0.2) is 10.8 Å². The second-order valence-electron chi connectivity index (χ2n) is 7.96. The van der Waals surface area contributed by atoms with Crippen LogP contribution >= 0.6 is 11.3 Å². The van der Waals surface area contributed by atoms with E-state index in [4.69, 9.17) is 4.84 Å². The number of quaternary nitrogens is 1. The fourth-order valence-corrected chi connectivity index (χ4v) is 4.21. The van der Waals surface area contributed by atoms with Gasteiger partial charge in [-0.05, 0) is 37.3 Å². The van der Waals surface area contributed by atoms with Crippen LogP contribution < -0.4 is 16.0 Å². The van der Waals surface area contributed by atoms with Crippen LogP contribution in [0.4, 0.5) is 10.8 Å². The van der Waals surface area contributed by atoms with Crippen molar-refractivity contribution in [3.8, 4) is 11.3 Å². The third-order valence-electron chi connectivity index (χ3n) is 5.29. The van der Waals surface area contributed by atoms with Crippen molar-refractivity contribution in [3.63, 3.8) is 0 Å². The quantitative estimate of drug-likeness (QED) is 0.252. The molecular formula is C24H30N4O5S. The number of carbonyl (C=O) groups excluding carboxylic acids is 2. The van der Waals surface area contributed by atoms with Crippen molar-refractivity contribution in [2.24, 2.45) is 0 Å². The highest BCUT2D eigenvalue weighted by Crippen LogP contribution is 2.28. The average Bonchev–Trinajstić information content (AvgIpc) is 3.30. The number of para-hydroxylation sites is 1. The van der Waals surface area contributed by atoms with Gasteiger partial charge >= 0.3 is 0 Å². The third-order valence-corrected chi connectivity index (χ3v) is 6.04. The molecule has 0 aliphatic heterocycles. The van der Waals surface area contributed by atoms with Gasteiger partial charge in [0.25, 0.3) is 0 Å². The van der Waals surface area contributed by atoms with Crippen LogP contribution in [0.1, 0.15) is 51.4 Å². The van der Waals surface area contributed by atoms with Gasteiger partial charge in [-0.15, -0.1) is 11.3 Å². The van der Waals surface area contributed by atoms with E-state index in [9.17, 15) is 20.0 Å². The SMILES string of the molecule is O=C(CCCCCCC(=O)Nc1nc(-c2ccccc2[NH+]([O-])O)cs1)NOCC1=CC=CCC1. The lowest BCUT2D eigenvalue weighted by Gasteiger charge is -2.14. The molecule has 0 saturated heterocycles. The summed E-state index contributed by atoms with van der Waals surface area (Å²) in [6.07, 6.45) is 12.0. The first-order valence-corrected chi connectivity index (χ1v) is 12.2. The maximum absolute atomic E-state index is 12.2. The van der Waals surface area contributed by atoms with E-state index >= 15 is 0 Å². The molecule has 0 bridgehead atoms. The Hall–Kier alpha value is -2.89. The summed E-state index contributed by atoms with van der Waals surface area (Å²) >= 11 is 1.26. The van der Waals surface area contributed by atoms with Crippen molar-refractivity contribution in [2.75, 3.05) is 11.9 Å². The van der Waals surface area contributed by atoms with E-state index in [1.165, 1.54) is 23.0 Å². The number of hydrogen-bond donors (Lipinski definition) is 4. The summed E-state index contributed by atoms with van der Waals surface area (Å²) in [5.74, 6) is -0.265. The lowest BCUT2D eigenvalue weighted by molar-refractivity contribution is -0.991. The highest BCUT2D eigenvalue weighted by Gasteiger charge is 2.14. The number of hydrogen-bond acceptors (Lipinski definition) is 7. The van der Waals surface area contributed by atoms with Gasteiger partial charge in [-0.2, -0.15) is 5.23 Å². The molecule has 1 unspecified atom stereocenters. The Bertz CT molecular complexity index is 1020. The molecule has 1 aromatic carbocycles. The minimum Gasteiger partial charge on any atom is -0.595 e. The fourth-order valence-electron chi connectivity index (χ4n) is 3.49. The Morgan fingerprint density at radius 3 is 2.65 bits per heavy atom. The van der Waals surface area contributed by atoms with Crippen molar-refractivity contribution < 1.29 is 24.9 Å². The van der Waals surface area contributed by atoms with Crippen LogP contribution in [-0.2, 0) is 14.4 Å². The number of aromatic nitrogens is 1. The number of allylic oxidation sites excluding steroid dienone is 3. The molecule has 0 fully saturated rings. The fraction of sp³-hybridized carbons (Fsp3) is 0.375. The van der Waals surface area contributed by atoms with Gasteiger partial charge in [-0.1, -0.05) is 43.2 Å². The van der Waals surface area contributed by atoms with Gasteiger partial charge < -0.3 is 10.5 Å². The molecule has 2 aromatic rings. The lowest BCUT2D eigenvalue weighted by atomic mass is 10.1. The van der Waals surface area contributed by atoms with Crippen molar-refractivity contribution in [1.29, 1.82) is 0 Å². The highest BCUT2D eigenvalue weighted by atomic mass is 32.1. The van der Waals surface area contributed by atoms with E-state index in [0.717, 1.165) is 32.1 Å². The maximum Gasteiger partial charge on any atom is 0.243 e. The zero-order valence-corrected chi connectivity index (χ0v) is 19.7. The normalized spacial score (nSPS) is 13.9. The molecule has 0 radical (unpaired) electrons. The molecule has 4 N–H and O–H groups in total. The van der Waals surface area contributed by atoms with Gasteiger partial charge in [0.2, 0.25) is 11.8 Å². The van der Waals surface area contributed by atoms with Crippen LogP contribution in [0, 0.1) is 5.21 Å². The van der Waals surface area contributed by atoms with E-state index < -0.39 is 5.23 Å². The summed E-state index contributed by atoms with van der Waals surface area (Å²) in [4.78, 5) is 33.6. The van der Waals surface area contributed by atoms with Crippen LogP contribution in [0.25, 0.3) is 11.3 Å². The third kappa shape index (κ3) is 8.47. The molecule has 1 aliphatic carbocycles. The first kappa shape index (κ1) is 25.7. The summed E-state index contributed by atoms with van der Waals surface area (Å²) in [6.45, 7) is 0.415. The number of benzene rings is 1. The molecule has 0 saturated carbocycles. The Kier molecular flexibility index (Phi) is 10.4. The summed E-state index contributed by atoms with van der Waals surface area (Å²) < 4.78 is 0. The summed E-state index contributed by atoms with van der Waals surface area (Å²) in [5, 5.41) is 24.6. The molecule has 1 aromatic heterocycles. The monoisotopic (exact) mass is 486 g/mol. The summed E-state index contributed by atoms with van der Waals surface area (Å²) in [5.41, 5.74) is 4.86. The Morgan fingerprint density at radius 1 is 1.15 bits per heavy atom. The number of hydroxylamine groups is 1. The van der Waals surface area contributed by atoms with Gasteiger partial charge in [0.05, 0.1) is 17.9 Å². The summed E-state index contributed by atoms with van der Waals surface area (Å²) in [6, 6.07) is 6.64. The maximum atomic E-state index is 12.2. The van der Waals surface area contributed by atoms with E-state index in [1.54, 1.807) is 23.6 Å². The van der Waals surface area contributed by atoms with Gasteiger partial charge in [-0.25, -0.2) is 15.7 Å². The minimum absolute atomic E-state index is 0.131. The van der Waals surface area contributed by atoms with Crippen molar-refractivity contribution in [3.05, 3.63) is 58.7 Å². The van der Waals surface area contributed by atoms with Crippen molar-refractivity contribution in [2.45, 2.75) is 51.4 Å². The van der Waals surface area contributed by atoms with Crippen LogP contribution in [0.3, 0.4) is 0 Å². The number of thiazole rings is 1.